The van der Waals surface area contributed by atoms with Crippen molar-refractivity contribution in [3.63, 3.8) is 0 Å². The summed E-state index contributed by atoms with van der Waals surface area (Å²) in [6, 6.07) is 0.519. The summed E-state index contributed by atoms with van der Waals surface area (Å²) >= 11 is 0. The number of amides is 1. The molecule has 2 bridgehead atoms. The summed E-state index contributed by atoms with van der Waals surface area (Å²) in [6.45, 7) is 10.7. The number of methoxy groups -OCH3 is 1. The van der Waals surface area contributed by atoms with Gasteiger partial charge in [-0.05, 0) is 57.0 Å². The van der Waals surface area contributed by atoms with E-state index < -0.39 is 0 Å². The van der Waals surface area contributed by atoms with E-state index in [0.29, 0.717) is 12.2 Å². The summed E-state index contributed by atoms with van der Waals surface area (Å²) in [5.74, 6) is 1.64. The highest BCUT2D eigenvalue weighted by Gasteiger charge is 2.40. The van der Waals surface area contributed by atoms with Crippen LogP contribution < -0.4 is 10.6 Å². The molecule has 0 aromatic heterocycles. The molecule has 5 saturated heterocycles. The average molecular weight is 394 g/mol. The Kier molecular flexibility index (Phi) is 7.22. The Balaban J connectivity index is 1.19. The maximum absolute atomic E-state index is 11.7. The van der Waals surface area contributed by atoms with E-state index in [0.717, 1.165) is 18.4 Å². The molecule has 28 heavy (non-hydrogen) atoms. The molecule has 160 valence electrons. The quantitative estimate of drug-likeness (QED) is 0.643. The lowest BCUT2D eigenvalue weighted by Crippen LogP contribution is -2.60. The van der Waals surface area contributed by atoms with Crippen LogP contribution in [-0.2, 0) is 9.53 Å². The number of piperidine rings is 4. The van der Waals surface area contributed by atoms with Gasteiger partial charge in [-0.3, -0.25) is 14.6 Å². The van der Waals surface area contributed by atoms with E-state index in [1.165, 1.54) is 84.5 Å². The molecule has 5 fully saturated rings. The summed E-state index contributed by atoms with van der Waals surface area (Å²) in [7, 11) is 1.57. The van der Waals surface area contributed by atoms with E-state index in [4.69, 9.17) is 4.74 Å². The summed E-state index contributed by atoms with van der Waals surface area (Å²) in [5, 5.41) is 6.75. The Morgan fingerprint density at radius 1 is 1.11 bits per heavy atom. The highest BCUT2D eigenvalue weighted by molar-refractivity contribution is 5.77. The molecule has 2 unspecified atom stereocenters. The van der Waals surface area contributed by atoms with Crippen molar-refractivity contribution in [1.29, 1.82) is 0 Å². The van der Waals surface area contributed by atoms with Crippen molar-refractivity contribution in [3.8, 4) is 0 Å². The molecule has 2 N–H and O–H groups in total. The van der Waals surface area contributed by atoms with Crippen molar-refractivity contribution >= 4 is 5.91 Å². The highest BCUT2D eigenvalue weighted by atomic mass is 16.5. The van der Waals surface area contributed by atoms with E-state index in [2.05, 4.69) is 25.3 Å². The van der Waals surface area contributed by atoms with Gasteiger partial charge in [0.05, 0.1) is 6.17 Å². The molecule has 5 rings (SSSR count). The number of ether oxygens (including phenoxy) is 1. The van der Waals surface area contributed by atoms with E-state index in [1.807, 2.05) is 0 Å². The SMILES string of the molecule is COCC(=O)NC[C@@H]1C[C@H]2CCN1C[C@@H]2CN1CCN(C2CCCCN2)CC1. The molecule has 0 aliphatic carbocycles. The first-order valence-electron chi connectivity index (χ1n) is 11.4. The summed E-state index contributed by atoms with van der Waals surface area (Å²) in [4.78, 5) is 19.7. The fourth-order valence-electron chi connectivity index (χ4n) is 5.82. The standard InChI is InChI=1S/C21H39N5O2/c1-28-16-21(27)23-13-19-12-17-5-7-26(19)15-18(17)14-24-8-10-25(11-9-24)20-4-2-3-6-22-20/h17-20,22H,2-16H2,1H3,(H,23,27)/t17-,18+,19+,20?/m1/s1. The van der Waals surface area contributed by atoms with Crippen LogP contribution in [0.4, 0.5) is 0 Å². The second kappa shape index (κ2) is 9.85. The lowest BCUT2D eigenvalue weighted by Gasteiger charge is -2.51. The van der Waals surface area contributed by atoms with Gasteiger partial charge < -0.3 is 20.3 Å². The zero-order valence-electron chi connectivity index (χ0n) is 17.6. The number of carbonyl (C=O) groups excluding carboxylic acids is 1. The number of hydrogen-bond donors (Lipinski definition) is 2. The second-order valence-electron chi connectivity index (χ2n) is 9.23. The molecular weight excluding hydrogens is 354 g/mol. The monoisotopic (exact) mass is 393 g/mol. The van der Waals surface area contributed by atoms with Crippen LogP contribution >= 0.6 is 0 Å². The molecular formula is C21H39N5O2. The zero-order valence-corrected chi connectivity index (χ0v) is 17.6. The number of fused-ring (bicyclic) bond motifs is 3. The molecule has 0 aromatic carbocycles. The predicted octanol–water partition coefficient (Wildman–Crippen LogP) is 0.177. The number of carbonyl (C=O) groups is 1. The molecule has 5 heterocycles. The van der Waals surface area contributed by atoms with Crippen LogP contribution in [0.1, 0.15) is 32.1 Å². The van der Waals surface area contributed by atoms with Gasteiger partial charge in [0, 0.05) is 59.0 Å². The second-order valence-corrected chi connectivity index (χ2v) is 9.23. The summed E-state index contributed by atoms with van der Waals surface area (Å²) in [5.41, 5.74) is 0. The van der Waals surface area contributed by atoms with E-state index in [1.54, 1.807) is 7.11 Å². The van der Waals surface area contributed by atoms with Gasteiger partial charge in [0.2, 0.25) is 5.91 Å². The molecule has 0 aromatic rings. The number of hydrogen-bond acceptors (Lipinski definition) is 6. The highest BCUT2D eigenvalue weighted by Crippen LogP contribution is 2.36. The van der Waals surface area contributed by atoms with Crippen LogP contribution in [-0.4, -0.2) is 105 Å². The first-order valence-corrected chi connectivity index (χ1v) is 11.4. The topological polar surface area (TPSA) is 60.1 Å². The normalized spacial score (nSPS) is 37.1. The third-order valence-electron chi connectivity index (χ3n) is 7.45. The Hall–Kier alpha value is -0.730. The molecule has 7 nitrogen and oxygen atoms in total. The third kappa shape index (κ3) is 5.05. The first kappa shape index (κ1) is 20.5. The van der Waals surface area contributed by atoms with Gasteiger partial charge in [-0.2, -0.15) is 0 Å². The predicted molar refractivity (Wildman–Crippen MR) is 110 cm³/mol. The molecule has 7 heteroatoms. The lowest BCUT2D eigenvalue weighted by molar-refractivity contribution is -0.125. The number of nitrogens with zero attached hydrogens (tertiary/aromatic N) is 3. The zero-order chi connectivity index (χ0) is 19.3. The number of rotatable bonds is 7. The van der Waals surface area contributed by atoms with Gasteiger partial charge in [0.25, 0.3) is 0 Å². The Morgan fingerprint density at radius 2 is 1.96 bits per heavy atom. The summed E-state index contributed by atoms with van der Waals surface area (Å²) < 4.78 is 4.91. The fraction of sp³-hybridized carbons (Fsp3) is 0.952. The molecule has 0 spiro atoms. The van der Waals surface area contributed by atoms with Gasteiger partial charge in [0.15, 0.2) is 0 Å². The average Bonchev–Trinajstić information content (AvgIpc) is 2.74. The van der Waals surface area contributed by atoms with Crippen molar-refractivity contribution in [2.45, 2.75) is 44.3 Å². The maximum Gasteiger partial charge on any atom is 0.246 e. The lowest BCUT2D eigenvalue weighted by atomic mass is 9.75. The minimum absolute atomic E-state index is 0.00650. The van der Waals surface area contributed by atoms with Crippen LogP contribution in [0.5, 0.6) is 0 Å². The molecule has 0 radical (unpaired) electrons. The van der Waals surface area contributed by atoms with Gasteiger partial charge >= 0.3 is 0 Å². The Bertz CT molecular complexity index is 505. The van der Waals surface area contributed by atoms with Crippen LogP contribution in [0.15, 0.2) is 0 Å². The molecule has 5 aliphatic heterocycles. The van der Waals surface area contributed by atoms with E-state index >= 15 is 0 Å². The Labute approximate surface area is 170 Å². The van der Waals surface area contributed by atoms with Gasteiger partial charge in [-0.25, -0.2) is 0 Å². The van der Waals surface area contributed by atoms with Gasteiger partial charge in [-0.1, -0.05) is 0 Å². The third-order valence-corrected chi connectivity index (χ3v) is 7.45. The van der Waals surface area contributed by atoms with Crippen molar-refractivity contribution in [2.75, 3.05) is 72.6 Å². The van der Waals surface area contributed by atoms with Gasteiger partial charge in [0.1, 0.15) is 6.61 Å². The van der Waals surface area contributed by atoms with E-state index in [-0.39, 0.29) is 12.5 Å². The fourth-order valence-corrected chi connectivity index (χ4v) is 5.82. The first-order chi connectivity index (χ1) is 13.7. The van der Waals surface area contributed by atoms with Crippen LogP contribution in [0.25, 0.3) is 0 Å². The number of nitrogens with one attached hydrogen (secondary N) is 2. The minimum Gasteiger partial charge on any atom is -0.375 e. The van der Waals surface area contributed by atoms with Crippen molar-refractivity contribution in [3.05, 3.63) is 0 Å². The van der Waals surface area contributed by atoms with Crippen molar-refractivity contribution in [2.24, 2.45) is 11.8 Å². The summed E-state index contributed by atoms with van der Waals surface area (Å²) in [6.07, 6.45) is 7.24. The van der Waals surface area contributed by atoms with Crippen molar-refractivity contribution in [1.82, 2.24) is 25.3 Å². The Morgan fingerprint density at radius 3 is 2.64 bits per heavy atom. The van der Waals surface area contributed by atoms with Crippen LogP contribution in [0, 0.1) is 11.8 Å². The smallest absolute Gasteiger partial charge is 0.246 e. The van der Waals surface area contributed by atoms with Crippen LogP contribution in [0.2, 0.25) is 0 Å². The van der Waals surface area contributed by atoms with Crippen molar-refractivity contribution < 1.29 is 9.53 Å². The molecule has 5 aliphatic rings. The van der Waals surface area contributed by atoms with E-state index in [9.17, 15) is 4.79 Å². The van der Waals surface area contributed by atoms with Gasteiger partial charge in [-0.15, -0.1) is 0 Å². The molecule has 5 atom stereocenters. The molecule has 1 amide bonds. The largest absolute Gasteiger partial charge is 0.375 e. The molecule has 0 saturated carbocycles. The maximum atomic E-state index is 11.7. The number of piperazine rings is 1. The minimum atomic E-state index is 0.00650. The van der Waals surface area contributed by atoms with Crippen LogP contribution in [0.3, 0.4) is 0 Å².